The first-order chi connectivity index (χ1) is 7.95. The number of primary amides is 1. The van der Waals surface area contributed by atoms with Crippen LogP contribution in [0.5, 0.6) is 0 Å². The molecular weight excluding hydrogens is 352 g/mol. The second-order valence-corrected chi connectivity index (χ2v) is 6.90. The summed E-state index contributed by atoms with van der Waals surface area (Å²) >= 11 is 6.62. The molecule has 1 rings (SSSR count). The molecule has 0 radical (unpaired) electrons. The van der Waals surface area contributed by atoms with E-state index in [0.717, 1.165) is 9.81 Å². The van der Waals surface area contributed by atoms with E-state index in [9.17, 15) is 9.59 Å². The average Bonchev–Trinajstić information content (AvgIpc) is 2.22. The van der Waals surface area contributed by atoms with E-state index in [4.69, 9.17) is 5.73 Å². The predicted molar refractivity (Wildman–Crippen MR) is 73.6 cm³/mol. The summed E-state index contributed by atoms with van der Waals surface area (Å²) in [6, 6.07) is -0.479. The summed E-state index contributed by atoms with van der Waals surface area (Å²) in [7, 11) is 0. The van der Waals surface area contributed by atoms with Crippen molar-refractivity contribution in [2.75, 3.05) is 6.54 Å². The van der Waals surface area contributed by atoms with Gasteiger partial charge in [0.25, 0.3) is 0 Å². The van der Waals surface area contributed by atoms with Crippen LogP contribution in [0.1, 0.15) is 26.2 Å². The first kappa shape index (κ1) is 14.7. The predicted octanol–water partition coefficient (Wildman–Crippen LogP) is 2.12. The van der Waals surface area contributed by atoms with Gasteiger partial charge in [0.1, 0.15) is 6.04 Å². The zero-order valence-electron chi connectivity index (χ0n) is 9.66. The molecule has 0 aromatic heterocycles. The number of hydrogen-bond donors (Lipinski definition) is 1. The molecule has 1 saturated heterocycles. The molecule has 2 amide bonds. The highest BCUT2D eigenvalue weighted by atomic mass is 79.9. The summed E-state index contributed by atoms with van der Waals surface area (Å²) in [6.07, 6.45) is 3.85. The molecule has 96 valence electrons. The van der Waals surface area contributed by atoms with E-state index in [-0.39, 0.29) is 11.8 Å². The molecule has 2 atom stereocenters. The Morgan fingerprint density at radius 3 is 2.76 bits per heavy atom. The first-order valence-electron chi connectivity index (χ1n) is 5.57. The number of amides is 2. The van der Waals surface area contributed by atoms with Gasteiger partial charge in [0, 0.05) is 13.0 Å². The van der Waals surface area contributed by atoms with Crippen LogP contribution in [0.3, 0.4) is 0 Å². The lowest BCUT2D eigenvalue weighted by molar-refractivity contribution is -0.142. The van der Waals surface area contributed by atoms with Crippen LogP contribution >= 0.6 is 31.9 Å². The smallest absolute Gasteiger partial charge is 0.240 e. The van der Waals surface area contributed by atoms with Gasteiger partial charge in [0.05, 0.1) is 3.39 Å². The monoisotopic (exact) mass is 366 g/mol. The van der Waals surface area contributed by atoms with Gasteiger partial charge in [-0.3, -0.25) is 9.59 Å². The maximum absolute atomic E-state index is 11.8. The largest absolute Gasteiger partial charge is 0.368 e. The molecule has 0 aromatic rings. The Hall–Kier alpha value is -0.360. The van der Waals surface area contributed by atoms with E-state index in [1.807, 2.05) is 13.0 Å². The third-order valence-corrected chi connectivity index (χ3v) is 3.46. The Labute approximate surface area is 118 Å². The highest BCUT2D eigenvalue weighted by molar-refractivity contribution is 9.28. The molecule has 0 saturated carbocycles. The van der Waals surface area contributed by atoms with E-state index in [0.29, 0.717) is 19.4 Å². The number of piperidine rings is 1. The van der Waals surface area contributed by atoms with Crippen molar-refractivity contribution >= 4 is 43.7 Å². The molecule has 6 heteroatoms. The second-order valence-electron chi connectivity index (χ2n) is 4.13. The van der Waals surface area contributed by atoms with E-state index < -0.39 is 11.9 Å². The minimum absolute atomic E-state index is 0.0194. The van der Waals surface area contributed by atoms with Crippen LogP contribution in [0, 0.1) is 5.92 Å². The normalized spacial score (nSPS) is 22.2. The Morgan fingerprint density at radius 2 is 2.29 bits per heavy atom. The molecule has 0 bridgehead atoms. The molecular formula is C11H16Br2N2O2. The Bertz CT molecular complexity index is 340. The lowest BCUT2D eigenvalue weighted by Crippen LogP contribution is -2.51. The summed E-state index contributed by atoms with van der Waals surface area (Å²) in [5.41, 5.74) is 5.32. The van der Waals surface area contributed by atoms with Crippen LogP contribution in [0.2, 0.25) is 0 Å². The summed E-state index contributed by atoms with van der Waals surface area (Å²) in [5, 5.41) is 0. The van der Waals surface area contributed by atoms with E-state index in [1.165, 1.54) is 0 Å². The van der Waals surface area contributed by atoms with Gasteiger partial charge in [-0.15, -0.1) is 0 Å². The number of carbonyl (C=O) groups excluding carboxylic acids is 2. The number of rotatable bonds is 4. The summed E-state index contributed by atoms with van der Waals surface area (Å²) in [4.78, 5) is 24.7. The van der Waals surface area contributed by atoms with Crippen molar-refractivity contribution in [2.24, 2.45) is 11.7 Å². The zero-order valence-corrected chi connectivity index (χ0v) is 12.8. The molecule has 1 aliphatic rings. The number of nitrogens with two attached hydrogens (primary N) is 1. The summed E-state index contributed by atoms with van der Waals surface area (Å²) in [5.74, 6) is -0.149. The van der Waals surface area contributed by atoms with Gasteiger partial charge in [-0.05, 0) is 50.6 Å². The van der Waals surface area contributed by atoms with Gasteiger partial charge >= 0.3 is 0 Å². The van der Waals surface area contributed by atoms with Crippen LogP contribution in [0.4, 0.5) is 0 Å². The van der Waals surface area contributed by atoms with E-state index >= 15 is 0 Å². The lowest BCUT2D eigenvalue weighted by Gasteiger charge is -2.35. The maximum atomic E-state index is 11.8. The SMILES string of the molecule is CCC(C(N)=O)N1CC(C=C(Br)Br)CCC1=O. The van der Waals surface area contributed by atoms with Crippen molar-refractivity contribution in [1.29, 1.82) is 0 Å². The number of nitrogens with zero attached hydrogens (tertiary/aromatic N) is 1. The molecule has 1 heterocycles. The van der Waals surface area contributed by atoms with Crippen molar-refractivity contribution in [3.05, 3.63) is 9.47 Å². The van der Waals surface area contributed by atoms with Crippen molar-refractivity contribution in [3.8, 4) is 0 Å². The van der Waals surface area contributed by atoms with Crippen LogP contribution in [0.25, 0.3) is 0 Å². The van der Waals surface area contributed by atoms with Gasteiger partial charge in [-0.2, -0.15) is 0 Å². The van der Waals surface area contributed by atoms with Gasteiger partial charge in [0.15, 0.2) is 0 Å². The van der Waals surface area contributed by atoms with E-state index in [2.05, 4.69) is 31.9 Å². The number of likely N-dealkylation sites (tertiary alicyclic amines) is 1. The number of halogens is 2. The molecule has 2 N–H and O–H groups in total. The first-order valence-corrected chi connectivity index (χ1v) is 7.16. The van der Waals surface area contributed by atoms with Crippen LogP contribution in [0.15, 0.2) is 9.47 Å². The van der Waals surface area contributed by atoms with Gasteiger partial charge in [-0.25, -0.2) is 0 Å². The van der Waals surface area contributed by atoms with Crippen LogP contribution < -0.4 is 5.73 Å². The topological polar surface area (TPSA) is 63.4 Å². The minimum atomic E-state index is -0.479. The second kappa shape index (κ2) is 6.54. The van der Waals surface area contributed by atoms with Crippen molar-refractivity contribution in [2.45, 2.75) is 32.2 Å². The number of carbonyl (C=O) groups is 2. The third kappa shape index (κ3) is 4.10. The van der Waals surface area contributed by atoms with Crippen molar-refractivity contribution in [1.82, 2.24) is 4.90 Å². The molecule has 1 aliphatic heterocycles. The fourth-order valence-corrected chi connectivity index (χ4v) is 2.84. The lowest BCUT2D eigenvalue weighted by atomic mass is 9.95. The van der Waals surface area contributed by atoms with Gasteiger partial charge in [0.2, 0.25) is 11.8 Å². The minimum Gasteiger partial charge on any atom is -0.368 e. The molecule has 0 aliphatic carbocycles. The third-order valence-electron chi connectivity index (χ3n) is 2.93. The molecule has 0 aromatic carbocycles. The highest BCUT2D eigenvalue weighted by Gasteiger charge is 2.31. The quantitative estimate of drug-likeness (QED) is 0.827. The standard InChI is InChI=1S/C11H16Br2N2O2/c1-2-8(11(14)17)15-6-7(5-9(12)13)3-4-10(15)16/h5,7-8H,2-4,6H2,1H3,(H2,14,17). The Kier molecular flexibility index (Phi) is 5.66. The number of hydrogen-bond acceptors (Lipinski definition) is 2. The molecule has 4 nitrogen and oxygen atoms in total. The summed E-state index contributed by atoms with van der Waals surface area (Å²) in [6.45, 7) is 2.42. The fourth-order valence-electron chi connectivity index (χ4n) is 2.09. The average molecular weight is 368 g/mol. The van der Waals surface area contributed by atoms with Gasteiger partial charge < -0.3 is 10.6 Å². The Morgan fingerprint density at radius 1 is 1.65 bits per heavy atom. The zero-order chi connectivity index (χ0) is 13.0. The maximum Gasteiger partial charge on any atom is 0.240 e. The highest BCUT2D eigenvalue weighted by Crippen LogP contribution is 2.25. The van der Waals surface area contributed by atoms with Crippen LogP contribution in [-0.4, -0.2) is 29.3 Å². The van der Waals surface area contributed by atoms with Crippen molar-refractivity contribution in [3.63, 3.8) is 0 Å². The molecule has 1 fully saturated rings. The molecule has 0 spiro atoms. The Balaban J connectivity index is 2.79. The van der Waals surface area contributed by atoms with Crippen molar-refractivity contribution < 1.29 is 9.59 Å². The van der Waals surface area contributed by atoms with E-state index in [1.54, 1.807) is 4.90 Å². The van der Waals surface area contributed by atoms with Gasteiger partial charge in [-0.1, -0.05) is 13.0 Å². The fraction of sp³-hybridized carbons (Fsp3) is 0.636. The molecule has 2 unspecified atom stereocenters. The summed E-state index contributed by atoms with van der Waals surface area (Å²) < 4.78 is 0.872. The van der Waals surface area contributed by atoms with Crippen LogP contribution in [-0.2, 0) is 9.59 Å². The molecule has 17 heavy (non-hydrogen) atoms.